The van der Waals surface area contributed by atoms with E-state index >= 15 is 0 Å². The molecule has 1 aliphatic rings. The second-order valence-corrected chi connectivity index (χ2v) is 6.58. The van der Waals surface area contributed by atoms with Crippen LogP contribution in [0.15, 0.2) is 53.7 Å². The number of nitrogens with zero attached hydrogens (tertiary/aromatic N) is 3. The molecule has 2 N–H and O–H groups in total. The van der Waals surface area contributed by atoms with Crippen LogP contribution in [0, 0.1) is 0 Å². The monoisotopic (exact) mass is 511 g/mol. The number of morpholine rings is 1. The van der Waals surface area contributed by atoms with Gasteiger partial charge in [-0.25, -0.2) is 4.98 Å². The van der Waals surface area contributed by atoms with Crippen molar-refractivity contribution in [1.82, 2.24) is 20.5 Å². The summed E-state index contributed by atoms with van der Waals surface area (Å²) in [7, 11) is 1.78. The highest BCUT2D eigenvalue weighted by molar-refractivity contribution is 14.0. The Bertz CT molecular complexity index is 739. The lowest BCUT2D eigenvalue weighted by Crippen LogP contribution is -2.44. The Balaban J connectivity index is 0.00000300. The number of benzene rings is 1. The lowest BCUT2D eigenvalue weighted by atomic mass is 10.2. The number of nitrogens with one attached hydrogen (secondary N) is 2. The van der Waals surface area contributed by atoms with E-state index in [1.54, 1.807) is 13.2 Å². The Morgan fingerprint density at radius 1 is 1.14 bits per heavy atom. The van der Waals surface area contributed by atoms with Crippen LogP contribution in [0.5, 0.6) is 5.88 Å². The summed E-state index contributed by atoms with van der Waals surface area (Å²) in [5.41, 5.74) is 2.21. The van der Waals surface area contributed by atoms with E-state index in [9.17, 15) is 0 Å². The number of guanidine groups is 1. The SMILES string of the molecule is CN=C(NCCN1CCOCC1)NCc1ccnc(OCc2ccccc2)c1.I. The normalized spacial score (nSPS) is 14.7. The van der Waals surface area contributed by atoms with E-state index in [0.29, 0.717) is 19.0 Å². The first-order valence-corrected chi connectivity index (χ1v) is 9.70. The van der Waals surface area contributed by atoms with Gasteiger partial charge in [-0.15, -0.1) is 24.0 Å². The van der Waals surface area contributed by atoms with Crippen molar-refractivity contribution in [2.24, 2.45) is 4.99 Å². The van der Waals surface area contributed by atoms with Crippen molar-refractivity contribution in [3.05, 3.63) is 59.8 Å². The summed E-state index contributed by atoms with van der Waals surface area (Å²) in [6, 6.07) is 14.0. The summed E-state index contributed by atoms with van der Waals surface area (Å²) < 4.78 is 11.2. The third-order valence-electron chi connectivity index (χ3n) is 4.54. The number of aliphatic imine (C=N–C) groups is 1. The Morgan fingerprint density at radius 3 is 2.69 bits per heavy atom. The lowest BCUT2D eigenvalue weighted by Gasteiger charge is -2.26. The number of halogens is 1. The minimum atomic E-state index is 0. The third kappa shape index (κ3) is 8.55. The highest BCUT2D eigenvalue weighted by Crippen LogP contribution is 2.11. The van der Waals surface area contributed by atoms with Crippen LogP contribution in [0.1, 0.15) is 11.1 Å². The van der Waals surface area contributed by atoms with Gasteiger partial charge in [0.1, 0.15) is 6.61 Å². The van der Waals surface area contributed by atoms with Crippen LogP contribution in [0.3, 0.4) is 0 Å². The zero-order valence-electron chi connectivity index (χ0n) is 16.8. The highest BCUT2D eigenvalue weighted by Gasteiger charge is 2.09. The number of ether oxygens (including phenoxy) is 2. The molecular formula is C21H30IN5O2. The molecule has 0 atom stereocenters. The molecule has 0 spiro atoms. The number of rotatable bonds is 8. The van der Waals surface area contributed by atoms with Crippen molar-refractivity contribution in [3.63, 3.8) is 0 Å². The van der Waals surface area contributed by atoms with Crippen LogP contribution in [-0.2, 0) is 17.9 Å². The summed E-state index contributed by atoms with van der Waals surface area (Å²) >= 11 is 0. The molecule has 0 saturated carbocycles. The minimum absolute atomic E-state index is 0. The molecule has 0 bridgehead atoms. The number of hydrogen-bond donors (Lipinski definition) is 2. The topological polar surface area (TPSA) is 71.0 Å². The molecule has 158 valence electrons. The van der Waals surface area contributed by atoms with Crippen molar-refractivity contribution in [2.45, 2.75) is 13.2 Å². The quantitative estimate of drug-likeness (QED) is 0.322. The Hall–Kier alpha value is -1.91. The standard InChI is InChI=1S/C21H29N5O2.HI/c1-22-21(24-9-10-26-11-13-27-14-12-26)25-16-19-7-8-23-20(15-19)28-17-18-5-3-2-4-6-18;/h2-8,15H,9-14,16-17H2,1H3,(H2,22,24,25);1H. The van der Waals surface area contributed by atoms with Gasteiger partial charge >= 0.3 is 0 Å². The van der Waals surface area contributed by atoms with E-state index < -0.39 is 0 Å². The van der Waals surface area contributed by atoms with Crippen LogP contribution < -0.4 is 15.4 Å². The van der Waals surface area contributed by atoms with Crippen molar-refractivity contribution in [2.75, 3.05) is 46.4 Å². The van der Waals surface area contributed by atoms with Crippen molar-refractivity contribution < 1.29 is 9.47 Å². The summed E-state index contributed by atoms with van der Waals surface area (Å²) in [6.07, 6.45) is 1.77. The van der Waals surface area contributed by atoms with E-state index in [1.807, 2.05) is 42.5 Å². The summed E-state index contributed by atoms with van der Waals surface area (Å²) in [5, 5.41) is 6.69. The highest BCUT2D eigenvalue weighted by atomic mass is 127. The molecule has 2 aromatic rings. The first kappa shape index (κ1) is 23.4. The number of aromatic nitrogens is 1. The van der Waals surface area contributed by atoms with Crippen molar-refractivity contribution >= 4 is 29.9 Å². The number of hydrogen-bond acceptors (Lipinski definition) is 5. The smallest absolute Gasteiger partial charge is 0.213 e. The van der Waals surface area contributed by atoms with Gasteiger partial charge in [0.15, 0.2) is 5.96 Å². The predicted octanol–water partition coefficient (Wildman–Crippen LogP) is 2.28. The molecule has 1 aliphatic heterocycles. The Morgan fingerprint density at radius 2 is 1.93 bits per heavy atom. The second kappa shape index (κ2) is 13.3. The molecule has 3 rings (SSSR count). The molecule has 0 aliphatic carbocycles. The Labute approximate surface area is 189 Å². The zero-order valence-corrected chi connectivity index (χ0v) is 19.2. The average molecular weight is 511 g/mol. The van der Waals surface area contributed by atoms with Gasteiger partial charge in [0.2, 0.25) is 5.88 Å². The van der Waals surface area contributed by atoms with Gasteiger partial charge in [0, 0.05) is 52.0 Å². The lowest BCUT2D eigenvalue weighted by molar-refractivity contribution is 0.0389. The first-order valence-electron chi connectivity index (χ1n) is 9.70. The molecule has 1 aromatic heterocycles. The van der Waals surface area contributed by atoms with Gasteiger partial charge < -0.3 is 20.1 Å². The van der Waals surface area contributed by atoms with E-state index in [0.717, 1.165) is 56.5 Å². The van der Waals surface area contributed by atoms with Gasteiger partial charge in [-0.05, 0) is 17.2 Å². The van der Waals surface area contributed by atoms with Crippen molar-refractivity contribution in [3.8, 4) is 5.88 Å². The number of pyridine rings is 1. The fraction of sp³-hybridized carbons (Fsp3) is 0.429. The first-order chi connectivity index (χ1) is 13.8. The third-order valence-corrected chi connectivity index (χ3v) is 4.54. The van der Waals surface area contributed by atoms with E-state index in [-0.39, 0.29) is 24.0 Å². The van der Waals surface area contributed by atoms with Crippen LogP contribution in [0.2, 0.25) is 0 Å². The largest absolute Gasteiger partial charge is 0.473 e. The summed E-state index contributed by atoms with van der Waals surface area (Å²) in [5.74, 6) is 1.41. The molecule has 1 aromatic carbocycles. The fourth-order valence-electron chi connectivity index (χ4n) is 2.93. The summed E-state index contributed by atoms with van der Waals surface area (Å²) in [4.78, 5) is 11.0. The minimum Gasteiger partial charge on any atom is -0.473 e. The second-order valence-electron chi connectivity index (χ2n) is 6.58. The molecule has 0 unspecified atom stereocenters. The van der Waals surface area contributed by atoms with Gasteiger partial charge in [-0.2, -0.15) is 0 Å². The maximum Gasteiger partial charge on any atom is 0.213 e. The van der Waals surface area contributed by atoms with Gasteiger partial charge in [-0.1, -0.05) is 30.3 Å². The molecular weight excluding hydrogens is 481 g/mol. The van der Waals surface area contributed by atoms with Crippen LogP contribution in [-0.4, -0.2) is 62.3 Å². The van der Waals surface area contributed by atoms with E-state index in [4.69, 9.17) is 9.47 Å². The van der Waals surface area contributed by atoms with Crippen molar-refractivity contribution in [1.29, 1.82) is 0 Å². The molecule has 2 heterocycles. The zero-order chi connectivity index (χ0) is 19.4. The molecule has 7 nitrogen and oxygen atoms in total. The van der Waals surface area contributed by atoms with Gasteiger partial charge in [0.25, 0.3) is 0 Å². The molecule has 1 fully saturated rings. The molecule has 1 saturated heterocycles. The average Bonchev–Trinajstić information content (AvgIpc) is 2.76. The molecule has 0 radical (unpaired) electrons. The Kier molecular flexibility index (Phi) is 10.7. The van der Waals surface area contributed by atoms with Crippen LogP contribution >= 0.6 is 24.0 Å². The predicted molar refractivity (Wildman–Crippen MR) is 126 cm³/mol. The fourth-order valence-corrected chi connectivity index (χ4v) is 2.93. The van der Waals surface area contributed by atoms with E-state index in [2.05, 4.69) is 25.5 Å². The van der Waals surface area contributed by atoms with Crippen LogP contribution in [0.4, 0.5) is 0 Å². The maximum absolute atomic E-state index is 5.80. The maximum atomic E-state index is 5.80. The van der Waals surface area contributed by atoms with Crippen LogP contribution in [0.25, 0.3) is 0 Å². The van der Waals surface area contributed by atoms with E-state index in [1.165, 1.54) is 0 Å². The van der Waals surface area contributed by atoms with Gasteiger partial charge in [0.05, 0.1) is 13.2 Å². The van der Waals surface area contributed by atoms with Gasteiger partial charge in [-0.3, -0.25) is 9.89 Å². The summed E-state index contributed by atoms with van der Waals surface area (Å²) in [6.45, 7) is 6.63. The molecule has 8 heteroatoms. The molecule has 0 amide bonds. The molecule has 29 heavy (non-hydrogen) atoms.